The minimum Gasteiger partial charge on any atom is -0.292 e. The van der Waals surface area contributed by atoms with Crippen molar-refractivity contribution in [2.24, 2.45) is 4.99 Å². The van der Waals surface area contributed by atoms with Crippen molar-refractivity contribution < 1.29 is 17.6 Å². The molecule has 0 radical (unpaired) electrons. The summed E-state index contributed by atoms with van der Waals surface area (Å²) in [5, 5.41) is 0. The Hall–Kier alpha value is -1.39. The van der Waals surface area contributed by atoms with E-state index in [1.165, 1.54) is 0 Å². The van der Waals surface area contributed by atoms with Crippen LogP contribution < -0.4 is 0 Å². The lowest BCUT2D eigenvalue weighted by Crippen LogP contribution is -2.05. The van der Waals surface area contributed by atoms with Crippen LogP contribution >= 0.6 is 0 Å². The molecule has 0 heterocycles. The first-order valence-electron chi connectivity index (χ1n) is 5.33. The SMILES string of the molecule is CCCCN=Cc1c(F)c(F)c(C)c(F)c1F. The molecule has 0 aliphatic rings. The Labute approximate surface area is 97.2 Å². The Morgan fingerprint density at radius 1 is 1.00 bits per heavy atom. The Bertz CT molecular complexity index is 412. The van der Waals surface area contributed by atoms with Crippen molar-refractivity contribution >= 4 is 6.21 Å². The van der Waals surface area contributed by atoms with Crippen LogP contribution in [0.25, 0.3) is 0 Å². The molecule has 0 saturated heterocycles. The van der Waals surface area contributed by atoms with Crippen molar-refractivity contribution in [2.45, 2.75) is 26.7 Å². The number of unbranched alkanes of at least 4 members (excludes halogenated alkanes) is 1. The number of aliphatic imine (C=N–C) groups is 1. The van der Waals surface area contributed by atoms with Crippen molar-refractivity contribution in [3.63, 3.8) is 0 Å². The summed E-state index contributed by atoms with van der Waals surface area (Å²) in [5.41, 5.74) is -1.42. The minimum absolute atomic E-state index is 0.368. The molecular weight excluding hydrogens is 234 g/mol. The van der Waals surface area contributed by atoms with E-state index in [0.717, 1.165) is 26.0 Å². The monoisotopic (exact) mass is 247 g/mol. The molecule has 1 aromatic carbocycles. The van der Waals surface area contributed by atoms with Gasteiger partial charge in [-0.3, -0.25) is 4.99 Å². The van der Waals surface area contributed by atoms with Gasteiger partial charge in [0.1, 0.15) is 0 Å². The fraction of sp³-hybridized carbons (Fsp3) is 0.417. The van der Waals surface area contributed by atoms with Gasteiger partial charge >= 0.3 is 0 Å². The molecule has 5 heteroatoms. The molecule has 0 fully saturated rings. The second-order valence-corrected chi connectivity index (χ2v) is 3.68. The van der Waals surface area contributed by atoms with E-state index in [4.69, 9.17) is 0 Å². The second kappa shape index (κ2) is 5.80. The van der Waals surface area contributed by atoms with Crippen molar-refractivity contribution in [3.8, 4) is 0 Å². The normalized spacial score (nSPS) is 11.4. The van der Waals surface area contributed by atoms with Crippen LogP contribution in [0.15, 0.2) is 4.99 Å². The van der Waals surface area contributed by atoms with E-state index in [1.807, 2.05) is 6.92 Å². The predicted molar refractivity (Wildman–Crippen MR) is 58.4 cm³/mol. The number of nitrogens with zero attached hydrogens (tertiary/aromatic N) is 1. The van der Waals surface area contributed by atoms with E-state index >= 15 is 0 Å². The molecule has 0 spiro atoms. The Balaban J connectivity index is 3.12. The fourth-order valence-electron chi connectivity index (χ4n) is 1.28. The molecule has 0 amide bonds. The number of hydrogen-bond donors (Lipinski definition) is 0. The zero-order chi connectivity index (χ0) is 13.0. The van der Waals surface area contributed by atoms with Crippen LogP contribution in [0.4, 0.5) is 17.6 Å². The standard InChI is InChI=1S/C12H13F4N/c1-3-4-5-17-6-8-11(15)9(13)7(2)10(14)12(8)16/h6H,3-5H2,1-2H3. The Morgan fingerprint density at radius 3 is 2.00 bits per heavy atom. The van der Waals surface area contributed by atoms with E-state index in [9.17, 15) is 17.6 Å². The van der Waals surface area contributed by atoms with Crippen molar-refractivity contribution in [1.29, 1.82) is 0 Å². The predicted octanol–water partition coefficient (Wildman–Crippen LogP) is 3.77. The number of rotatable bonds is 4. The summed E-state index contributed by atoms with van der Waals surface area (Å²) in [6, 6.07) is 0. The van der Waals surface area contributed by atoms with Gasteiger partial charge < -0.3 is 0 Å². The van der Waals surface area contributed by atoms with Crippen molar-refractivity contribution in [2.75, 3.05) is 6.54 Å². The quantitative estimate of drug-likeness (QED) is 0.332. The Kier molecular flexibility index (Phi) is 4.66. The van der Waals surface area contributed by atoms with Crippen LogP contribution in [0, 0.1) is 30.2 Å². The first-order chi connectivity index (χ1) is 8.00. The van der Waals surface area contributed by atoms with Gasteiger partial charge in [0, 0.05) is 18.3 Å². The largest absolute Gasteiger partial charge is 0.292 e. The third kappa shape index (κ3) is 2.84. The average Bonchev–Trinajstić information content (AvgIpc) is 2.33. The highest BCUT2D eigenvalue weighted by Gasteiger charge is 2.21. The summed E-state index contributed by atoms with van der Waals surface area (Å²) in [7, 11) is 0. The van der Waals surface area contributed by atoms with Crippen LogP contribution in [0.1, 0.15) is 30.9 Å². The molecule has 1 aromatic rings. The Morgan fingerprint density at radius 2 is 1.53 bits per heavy atom. The maximum Gasteiger partial charge on any atom is 0.171 e. The van der Waals surface area contributed by atoms with Crippen LogP contribution in [-0.2, 0) is 0 Å². The van der Waals surface area contributed by atoms with Gasteiger partial charge in [0.2, 0.25) is 0 Å². The maximum absolute atomic E-state index is 13.3. The van der Waals surface area contributed by atoms with Gasteiger partial charge in [-0.1, -0.05) is 13.3 Å². The van der Waals surface area contributed by atoms with Crippen LogP contribution in [0.2, 0.25) is 0 Å². The number of hydrogen-bond acceptors (Lipinski definition) is 1. The van der Waals surface area contributed by atoms with Gasteiger partial charge in [-0.25, -0.2) is 17.6 Å². The molecule has 1 rings (SSSR count). The molecule has 94 valence electrons. The molecular formula is C12H13F4N. The van der Waals surface area contributed by atoms with E-state index < -0.39 is 34.4 Å². The van der Waals surface area contributed by atoms with Crippen LogP contribution in [0.5, 0.6) is 0 Å². The van der Waals surface area contributed by atoms with Gasteiger partial charge in [0.25, 0.3) is 0 Å². The fourth-order valence-corrected chi connectivity index (χ4v) is 1.28. The zero-order valence-corrected chi connectivity index (χ0v) is 9.66. The topological polar surface area (TPSA) is 12.4 Å². The van der Waals surface area contributed by atoms with Gasteiger partial charge in [-0.2, -0.15) is 0 Å². The molecule has 0 aromatic heterocycles. The summed E-state index contributed by atoms with van der Waals surface area (Å²) in [5.74, 6) is -5.55. The molecule has 0 atom stereocenters. The molecule has 0 bridgehead atoms. The van der Waals surface area contributed by atoms with Crippen molar-refractivity contribution in [3.05, 3.63) is 34.4 Å². The molecule has 17 heavy (non-hydrogen) atoms. The highest BCUT2D eigenvalue weighted by atomic mass is 19.2. The number of halogens is 4. The lowest BCUT2D eigenvalue weighted by atomic mass is 10.1. The highest BCUT2D eigenvalue weighted by Crippen LogP contribution is 2.22. The molecule has 0 saturated carbocycles. The summed E-state index contributed by atoms with van der Waals surface area (Å²) >= 11 is 0. The van der Waals surface area contributed by atoms with E-state index in [1.54, 1.807) is 0 Å². The molecule has 0 aliphatic carbocycles. The minimum atomic E-state index is -1.40. The molecule has 1 nitrogen and oxygen atoms in total. The summed E-state index contributed by atoms with van der Waals surface area (Å²) in [4.78, 5) is 3.73. The number of benzene rings is 1. The lowest BCUT2D eigenvalue weighted by molar-refractivity contribution is 0.443. The summed E-state index contributed by atoms with van der Waals surface area (Å²) < 4.78 is 53.0. The third-order valence-electron chi connectivity index (χ3n) is 2.38. The lowest BCUT2D eigenvalue weighted by Gasteiger charge is -2.05. The van der Waals surface area contributed by atoms with Gasteiger partial charge in [0.15, 0.2) is 23.3 Å². The van der Waals surface area contributed by atoms with E-state index in [0.29, 0.717) is 6.54 Å². The zero-order valence-electron chi connectivity index (χ0n) is 9.66. The summed E-state index contributed by atoms with van der Waals surface area (Å²) in [6.07, 6.45) is 2.46. The smallest absolute Gasteiger partial charge is 0.171 e. The second-order valence-electron chi connectivity index (χ2n) is 3.68. The average molecular weight is 247 g/mol. The van der Waals surface area contributed by atoms with Gasteiger partial charge in [-0.15, -0.1) is 0 Å². The van der Waals surface area contributed by atoms with Crippen LogP contribution in [0.3, 0.4) is 0 Å². The highest BCUT2D eigenvalue weighted by molar-refractivity contribution is 5.80. The first kappa shape index (κ1) is 13.7. The van der Waals surface area contributed by atoms with E-state index in [-0.39, 0.29) is 0 Å². The first-order valence-corrected chi connectivity index (χ1v) is 5.33. The van der Waals surface area contributed by atoms with Gasteiger partial charge in [-0.05, 0) is 13.3 Å². The van der Waals surface area contributed by atoms with Gasteiger partial charge in [0.05, 0.1) is 5.56 Å². The maximum atomic E-state index is 13.3. The van der Waals surface area contributed by atoms with Crippen LogP contribution in [-0.4, -0.2) is 12.8 Å². The summed E-state index contributed by atoms with van der Waals surface area (Å²) in [6.45, 7) is 3.28. The molecule has 0 unspecified atom stereocenters. The third-order valence-corrected chi connectivity index (χ3v) is 2.38. The van der Waals surface area contributed by atoms with Crippen molar-refractivity contribution in [1.82, 2.24) is 0 Å². The molecule has 0 aliphatic heterocycles. The molecule has 0 N–H and O–H groups in total. The van der Waals surface area contributed by atoms with E-state index in [2.05, 4.69) is 4.99 Å².